The minimum Gasteiger partial charge on any atom is -0.356 e. The molecule has 0 radical (unpaired) electrons. The number of guanidine groups is 1. The maximum atomic E-state index is 5.96. The van der Waals surface area contributed by atoms with Gasteiger partial charge in [0.25, 0.3) is 0 Å². The van der Waals surface area contributed by atoms with E-state index in [1.165, 1.54) is 0 Å². The SMILES string of the molecule is CN=C(NCCc1ccccn1)NCc1cccc(Cl)c1. The number of nitrogens with zero attached hydrogens (tertiary/aromatic N) is 2. The van der Waals surface area contributed by atoms with Gasteiger partial charge in [-0.15, -0.1) is 0 Å². The van der Waals surface area contributed by atoms with E-state index < -0.39 is 0 Å². The van der Waals surface area contributed by atoms with Crippen LogP contribution < -0.4 is 10.6 Å². The van der Waals surface area contributed by atoms with E-state index in [-0.39, 0.29) is 0 Å². The lowest BCUT2D eigenvalue weighted by Gasteiger charge is -2.12. The molecule has 1 aromatic heterocycles. The highest BCUT2D eigenvalue weighted by Gasteiger charge is 1.99. The molecule has 110 valence electrons. The van der Waals surface area contributed by atoms with E-state index in [0.717, 1.165) is 35.2 Å². The number of hydrogen-bond donors (Lipinski definition) is 2. The van der Waals surface area contributed by atoms with Crippen LogP contribution in [0.4, 0.5) is 0 Å². The third-order valence-corrected chi connectivity index (χ3v) is 3.21. The number of rotatable bonds is 5. The van der Waals surface area contributed by atoms with Crippen LogP contribution in [0.15, 0.2) is 53.7 Å². The molecule has 0 aliphatic carbocycles. The van der Waals surface area contributed by atoms with Crippen LogP contribution in [0.5, 0.6) is 0 Å². The van der Waals surface area contributed by atoms with Crippen molar-refractivity contribution in [1.29, 1.82) is 0 Å². The molecule has 2 aromatic rings. The molecule has 0 fully saturated rings. The summed E-state index contributed by atoms with van der Waals surface area (Å²) in [6.07, 6.45) is 2.67. The van der Waals surface area contributed by atoms with Gasteiger partial charge in [0.1, 0.15) is 0 Å². The molecular formula is C16H19ClN4. The van der Waals surface area contributed by atoms with E-state index in [4.69, 9.17) is 11.6 Å². The van der Waals surface area contributed by atoms with E-state index in [1.54, 1.807) is 7.05 Å². The zero-order valence-corrected chi connectivity index (χ0v) is 12.8. The number of aromatic nitrogens is 1. The van der Waals surface area contributed by atoms with Crippen molar-refractivity contribution in [3.8, 4) is 0 Å². The summed E-state index contributed by atoms with van der Waals surface area (Å²) < 4.78 is 0. The summed E-state index contributed by atoms with van der Waals surface area (Å²) in [5.74, 6) is 0.769. The predicted molar refractivity (Wildman–Crippen MR) is 87.6 cm³/mol. The van der Waals surface area contributed by atoms with Gasteiger partial charge >= 0.3 is 0 Å². The number of pyridine rings is 1. The van der Waals surface area contributed by atoms with E-state index in [2.05, 4.69) is 20.6 Å². The monoisotopic (exact) mass is 302 g/mol. The van der Waals surface area contributed by atoms with Crippen molar-refractivity contribution in [1.82, 2.24) is 15.6 Å². The van der Waals surface area contributed by atoms with Gasteiger partial charge in [0, 0.05) is 43.5 Å². The second-order valence-electron chi connectivity index (χ2n) is 4.55. The van der Waals surface area contributed by atoms with Gasteiger partial charge in [0.15, 0.2) is 5.96 Å². The fourth-order valence-electron chi connectivity index (χ4n) is 1.91. The molecule has 2 rings (SSSR count). The number of halogens is 1. The van der Waals surface area contributed by atoms with Crippen molar-refractivity contribution in [2.45, 2.75) is 13.0 Å². The minimum atomic E-state index is 0.684. The molecular weight excluding hydrogens is 284 g/mol. The lowest BCUT2D eigenvalue weighted by molar-refractivity contribution is 0.784. The molecule has 4 nitrogen and oxygen atoms in total. The lowest BCUT2D eigenvalue weighted by Crippen LogP contribution is -2.37. The minimum absolute atomic E-state index is 0.684. The Hall–Kier alpha value is -2.07. The zero-order valence-electron chi connectivity index (χ0n) is 12.0. The summed E-state index contributed by atoms with van der Waals surface area (Å²) in [6, 6.07) is 13.7. The second kappa shape index (κ2) is 8.27. The standard InChI is InChI=1S/C16H19ClN4/c1-18-16(20-10-8-15-7-2-3-9-19-15)21-12-13-5-4-6-14(17)11-13/h2-7,9,11H,8,10,12H2,1H3,(H2,18,20,21). The summed E-state index contributed by atoms with van der Waals surface area (Å²) >= 11 is 5.96. The molecule has 2 N–H and O–H groups in total. The summed E-state index contributed by atoms with van der Waals surface area (Å²) in [5, 5.41) is 7.27. The third-order valence-electron chi connectivity index (χ3n) is 2.97. The molecule has 5 heteroatoms. The van der Waals surface area contributed by atoms with Crippen molar-refractivity contribution in [3.63, 3.8) is 0 Å². The number of nitrogens with one attached hydrogen (secondary N) is 2. The van der Waals surface area contributed by atoms with Gasteiger partial charge in [-0.1, -0.05) is 29.8 Å². The number of aliphatic imine (C=N–C) groups is 1. The Kier molecular flexibility index (Phi) is 6.03. The summed E-state index contributed by atoms with van der Waals surface area (Å²) in [4.78, 5) is 8.49. The van der Waals surface area contributed by atoms with Crippen LogP contribution in [0.2, 0.25) is 5.02 Å². The Labute approximate surface area is 130 Å². The predicted octanol–water partition coefficient (Wildman–Crippen LogP) is 2.64. The van der Waals surface area contributed by atoms with Crippen molar-refractivity contribution in [2.75, 3.05) is 13.6 Å². The van der Waals surface area contributed by atoms with Crippen molar-refractivity contribution >= 4 is 17.6 Å². The van der Waals surface area contributed by atoms with Crippen LogP contribution in [-0.2, 0) is 13.0 Å². The average molecular weight is 303 g/mol. The molecule has 1 aromatic carbocycles. The van der Waals surface area contributed by atoms with Crippen LogP contribution in [0.3, 0.4) is 0 Å². The Balaban J connectivity index is 1.76. The highest BCUT2D eigenvalue weighted by molar-refractivity contribution is 6.30. The maximum absolute atomic E-state index is 5.96. The summed E-state index contributed by atoms with van der Waals surface area (Å²) in [7, 11) is 1.76. The topological polar surface area (TPSA) is 49.3 Å². The van der Waals surface area contributed by atoms with Crippen molar-refractivity contribution in [3.05, 3.63) is 64.9 Å². The second-order valence-corrected chi connectivity index (χ2v) is 4.99. The van der Waals surface area contributed by atoms with Crippen LogP contribution >= 0.6 is 11.6 Å². The molecule has 0 bridgehead atoms. The first-order valence-corrected chi connectivity index (χ1v) is 7.24. The Morgan fingerprint density at radius 2 is 2.10 bits per heavy atom. The maximum Gasteiger partial charge on any atom is 0.191 e. The van der Waals surface area contributed by atoms with Gasteiger partial charge in [-0.2, -0.15) is 0 Å². The van der Waals surface area contributed by atoms with E-state index >= 15 is 0 Å². The molecule has 0 saturated heterocycles. The smallest absolute Gasteiger partial charge is 0.191 e. The largest absolute Gasteiger partial charge is 0.356 e. The number of hydrogen-bond acceptors (Lipinski definition) is 2. The van der Waals surface area contributed by atoms with Gasteiger partial charge in [-0.05, 0) is 29.8 Å². The molecule has 0 atom stereocenters. The molecule has 0 saturated carbocycles. The molecule has 0 spiro atoms. The van der Waals surface area contributed by atoms with E-state index in [9.17, 15) is 0 Å². The fourth-order valence-corrected chi connectivity index (χ4v) is 2.12. The summed E-state index contributed by atoms with van der Waals surface area (Å²) in [5.41, 5.74) is 2.19. The van der Waals surface area contributed by atoms with Crippen molar-refractivity contribution in [2.24, 2.45) is 4.99 Å². The van der Waals surface area contributed by atoms with Crippen LogP contribution in [0.25, 0.3) is 0 Å². The van der Waals surface area contributed by atoms with Gasteiger partial charge in [-0.25, -0.2) is 0 Å². The zero-order chi connectivity index (χ0) is 14.9. The van der Waals surface area contributed by atoms with Crippen LogP contribution in [0, 0.1) is 0 Å². The summed E-state index contributed by atoms with van der Waals surface area (Å²) in [6.45, 7) is 1.47. The Morgan fingerprint density at radius 3 is 2.81 bits per heavy atom. The van der Waals surface area contributed by atoms with Gasteiger partial charge in [0.05, 0.1) is 0 Å². The van der Waals surface area contributed by atoms with Gasteiger partial charge in [0.2, 0.25) is 0 Å². The third kappa shape index (κ3) is 5.44. The van der Waals surface area contributed by atoms with Crippen LogP contribution in [0.1, 0.15) is 11.3 Å². The Morgan fingerprint density at radius 1 is 1.19 bits per heavy atom. The molecule has 0 amide bonds. The van der Waals surface area contributed by atoms with Gasteiger partial charge < -0.3 is 10.6 Å². The molecule has 1 heterocycles. The molecule has 0 aliphatic heterocycles. The quantitative estimate of drug-likeness (QED) is 0.659. The lowest BCUT2D eigenvalue weighted by atomic mass is 10.2. The number of benzene rings is 1. The first-order valence-electron chi connectivity index (χ1n) is 6.87. The average Bonchev–Trinajstić information content (AvgIpc) is 2.52. The fraction of sp³-hybridized carbons (Fsp3) is 0.250. The van der Waals surface area contributed by atoms with Crippen molar-refractivity contribution < 1.29 is 0 Å². The molecule has 21 heavy (non-hydrogen) atoms. The highest BCUT2D eigenvalue weighted by atomic mass is 35.5. The first kappa shape index (κ1) is 15.3. The van der Waals surface area contributed by atoms with E-state index in [0.29, 0.717) is 6.54 Å². The first-order chi connectivity index (χ1) is 10.3. The molecule has 0 unspecified atom stereocenters. The highest BCUT2D eigenvalue weighted by Crippen LogP contribution is 2.10. The molecule has 0 aliphatic rings. The van der Waals surface area contributed by atoms with Crippen LogP contribution in [-0.4, -0.2) is 24.5 Å². The Bertz CT molecular complexity index is 584. The normalized spacial score (nSPS) is 11.2. The van der Waals surface area contributed by atoms with Gasteiger partial charge in [-0.3, -0.25) is 9.98 Å². The van der Waals surface area contributed by atoms with E-state index in [1.807, 2.05) is 48.7 Å².